The van der Waals surface area contributed by atoms with Gasteiger partial charge < -0.3 is 15.0 Å². The van der Waals surface area contributed by atoms with Crippen LogP contribution in [0, 0.1) is 0 Å². The molecule has 4 rings (SSSR count). The van der Waals surface area contributed by atoms with Crippen molar-refractivity contribution in [3.8, 4) is 5.88 Å². The molecule has 164 valence electrons. The maximum absolute atomic E-state index is 13.0. The predicted octanol–water partition coefficient (Wildman–Crippen LogP) is 6.03. The summed E-state index contributed by atoms with van der Waals surface area (Å²) in [6.45, 7) is 6.59. The van der Waals surface area contributed by atoms with Crippen molar-refractivity contribution in [1.82, 2.24) is 9.97 Å². The number of ether oxygens (including phenoxy) is 1. The quantitative estimate of drug-likeness (QED) is 0.395. The van der Waals surface area contributed by atoms with Crippen LogP contribution in [0.4, 0.5) is 5.69 Å². The van der Waals surface area contributed by atoms with Gasteiger partial charge in [0.25, 0.3) is 0 Å². The van der Waals surface area contributed by atoms with Crippen LogP contribution in [-0.2, 0) is 10.2 Å². The number of hydrogen-bond acceptors (Lipinski definition) is 3. The molecule has 2 N–H and O–H groups in total. The Hall–Kier alpha value is -3.60. The number of hydrogen-bond donors (Lipinski definition) is 2. The molecule has 4 aromatic rings. The minimum Gasteiger partial charge on any atom is -0.481 e. The van der Waals surface area contributed by atoms with Gasteiger partial charge in [-0.15, -0.1) is 0 Å². The maximum Gasteiger partial charge on any atom is 0.225 e. The van der Waals surface area contributed by atoms with Gasteiger partial charge in [0.15, 0.2) is 0 Å². The number of anilines is 1. The van der Waals surface area contributed by atoms with Gasteiger partial charge in [0, 0.05) is 47.4 Å². The smallest absolute Gasteiger partial charge is 0.225 e. The second-order valence-electron chi connectivity index (χ2n) is 9.09. The molecule has 1 unspecified atom stereocenters. The third kappa shape index (κ3) is 4.83. The van der Waals surface area contributed by atoms with Gasteiger partial charge in [-0.1, -0.05) is 51.1 Å². The summed E-state index contributed by atoms with van der Waals surface area (Å²) in [6, 6.07) is 20.2. The average molecular weight is 428 g/mol. The molecule has 0 fully saturated rings. The number of nitrogens with zero attached hydrogens (tertiary/aromatic N) is 1. The fourth-order valence-electron chi connectivity index (χ4n) is 3.89. The monoisotopic (exact) mass is 427 g/mol. The van der Waals surface area contributed by atoms with Gasteiger partial charge in [0.05, 0.1) is 7.11 Å². The molecule has 0 aliphatic heterocycles. The Morgan fingerprint density at radius 3 is 2.44 bits per heavy atom. The SMILES string of the molecule is COc1ccc(C(CC(=O)Nc2ccc3[nH]ccc3c2)c2ccc(C(C)(C)C)cc2)cn1. The van der Waals surface area contributed by atoms with Crippen molar-refractivity contribution in [2.45, 2.75) is 38.5 Å². The molecule has 0 aliphatic rings. The van der Waals surface area contributed by atoms with Crippen LogP contribution >= 0.6 is 0 Å². The van der Waals surface area contributed by atoms with E-state index in [4.69, 9.17) is 4.74 Å². The van der Waals surface area contributed by atoms with E-state index in [2.05, 4.69) is 60.3 Å². The Labute approximate surface area is 188 Å². The first-order valence-electron chi connectivity index (χ1n) is 10.8. The number of aromatic amines is 1. The maximum atomic E-state index is 13.0. The zero-order chi connectivity index (χ0) is 22.7. The Morgan fingerprint density at radius 1 is 1.03 bits per heavy atom. The van der Waals surface area contributed by atoms with Crippen molar-refractivity contribution >= 4 is 22.5 Å². The van der Waals surface area contributed by atoms with E-state index in [0.29, 0.717) is 12.3 Å². The fourth-order valence-corrected chi connectivity index (χ4v) is 3.89. The number of carbonyl (C=O) groups excluding carboxylic acids is 1. The van der Waals surface area contributed by atoms with Crippen LogP contribution in [-0.4, -0.2) is 23.0 Å². The van der Waals surface area contributed by atoms with Gasteiger partial charge in [0.1, 0.15) is 0 Å². The van der Waals surface area contributed by atoms with E-state index in [1.54, 1.807) is 13.3 Å². The summed E-state index contributed by atoms with van der Waals surface area (Å²) < 4.78 is 5.20. The predicted molar refractivity (Wildman–Crippen MR) is 129 cm³/mol. The summed E-state index contributed by atoms with van der Waals surface area (Å²) in [7, 11) is 1.60. The van der Waals surface area contributed by atoms with E-state index < -0.39 is 0 Å². The van der Waals surface area contributed by atoms with Crippen LogP contribution in [0.15, 0.2) is 73.1 Å². The van der Waals surface area contributed by atoms with Crippen molar-refractivity contribution in [2.24, 2.45) is 0 Å². The molecule has 1 amide bonds. The first-order valence-corrected chi connectivity index (χ1v) is 10.8. The van der Waals surface area contributed by atoms with Gasteiger partial charge in [-0.25, -0.2) is 4.98 Å². The Morgan fingerprint density at radius 2 is 1.78 bits per heavy atom. The fraction of sp³-hybridized carbons (Fsp3) is 0.259. The molecule has 2 aromatic carbocycles. The summed E-state index contributed by atoms with van der Waals surface area (Å²) in [5.74, 6) is 0.402. The minimum absolute atomic E-state index is 0.0411. The van der Waals surface area contributed by atoms with E-state index in [0.717, 1.165) is 27.7 Å². The van der Waals surface area contributed by atoms with Gasteiger partial charge in [0.2, 0.25) is 11.8 Å². The molecule has 5 heteroatoms. The third-order valence-corrected chi connectivity index (χ3v) is 5.78. The van der Waals surface area contributed by atoms with Gasteiger partial charge in [-0.2, -0.15) is 0 Å². The lowest BCUT2D eigenvalue weighted by Crippen LogP contribution is -2.17. The molecule has 0 saturated carbocycles. The number of fused-ring (bicyclic) bond motifs is 1. The average Bonchev–Trinajstić information content (AvgIpc) is 3.25. The molecule has 0 spiro atoms. The van der Waals surface area contributed by atoms with E-state index >= 15 is 0 Å². The highest BCUT2D eigenvalue weighted by molar-refractivity contribution is 5.94. The summed E-state index contributed by atoms with van der Waals surface area (Å²) >= 11 is 0. The molecule has 0 radical (unpaired) electrons. The number of rotatable bonds is 6. The second-order valence-corrected chi connectivity index (χ2v) is 9.09. The van der Waals surface area contributed by atoms with E-state index in [9.17, 15) is 4.79 Å². The summed E-state index contributed by atoms with van der Waals surface area (Å²) in [6.07, 6.45) is 4.00. The van der Waals surface area contributed by atoms with Crippen LogP contribution in [0.5, 0.6) is 5.88 Å². The first-order chi connectivity index (χ1) is 15.3. The molecular weight excluding hydrogens is 398 g/mol. The van der Waals surface area contributed by atoms with Crippen molar-refractivity contribution < 1.29 is 9.53 Å². The molecule has 0 aliphatic carbocycles. The highest BCUT2D eigenvalue weighted by Gasteiger charge is 2.21. The van der Waals surface area contributed by atoms with E-state index in [-0.39, 0.29) is 17.2 Å². The number of amides is 1. The molecule has 2 aromatic heterocycles. The zero-order valence-corrected chi connectivity index (χ0v) is 19.0. The summed E-state index contributed by atoms with van der Waals surface area (Å²) in [4.78, 5) is 20.6. The van der Waals surface area contributed by atoms with Crippen LogP contribution in [0.3, 0.4) is 0 Å². The minimum atomic E-state index is -0.113. The highest BCUT2D eigenvalue weighted by Crippen LogP contribution is 2.31. The number of aromatic nitrogens is 2. The Bertz CT molecular complexity index is 1200. The first kappa shape index (κ1) is 21.6. The van der Waals surface area contributed by atoms with Crippen molar-refractivity contribution in [3.05, 3.63) is 89.7 Å². The Balaban J connectivity index is 1.59. The molecule has 0 saturated heterocycles. The molecule has 32 heavy (non-hydrogen) atoms. The second kappa shape index (κ2) is 8.87. The Kier molecular flexibility index (Phi) is 5.99. The molecular formula is C27H29N3O2. The standard InChI is InChI=1S/C27H29N3O2/c1-27(2,3)21-8-5-18(6-9-21)23(20-7-12-26(32-4)29-17-20)16-25(31)30-22-10-11-24-19(15-22)13-14-28-24/h5-15,17,23,28H,16H2,1-4H3,(H,30,31). The summed E-state index contributed by atoms with van der Waals surface area (Å²) in [5, 5.41) is 4.12. The molecule has 0 bridgehead atoms. The van der Waals surface area contributed by atoms with Gasteiger partial charge >= 0.3 is 0 Å². The molecule has 1 atom stereocenters. The van der Waals surface area contributed by atoms with Crippen LogP contribution in [0.25, 0.3) is 10.9 Å². The van der Waals surface area contributed by atoms with Crippen molar-refractivity contribution in [3.63, 3.8) is 0 Å². The zero-order valence-electron chi connectivity index (χ0n) is 19.0. The number of methoxy groups -OCH3 is 1. The normalized spacial score (nSPS) is 12.5. The molecule has 2 heterocycles. The van der Waals surface area contributed by atoms with Crippen LogP contribution in [0.2, 0.25) is 0 Å². The number of nitrogens with one attached hydrogen (secondary N) is 2. The van der Waals surface area contributed by atoms with Crippen LogP contribution in [0.1, 0.15) is 49.8 Å². The highest BCUT2D eigenvalue weighted by atomic mass is 16.5. The largest absolute Gasteiger partial charge is 0.481 e. The van der Waals surface area contributed by atoms with Crippen molar-refractivity contribution in [1.29, 1.82) is 0 Å². The van der Waals surface area contributed by atoms with Gasteiger partial charge in [-0.05, 0) is 46.4 Å². The lowest BCUT2D eigenvalue weighted by molar-refractivity contribution is -0.116. The number of benzene rings is 2. The van der Waals surface area contributed by atoms with Crippen molar-refractivity contribution in [2.75, 3.05) is 12.4 Å². The lowest BCUT2D eigenvalue weighted by Gasteiger charge is -2.22. The molecule has 5 nitrogen and oxygen atoms in total. The van der Waals surface area contributed by atoms with E-state index in [1.807, 2.05) is 42.6 Å². The van der Waals surface area contributed by atoms with E-state index in [1.165, 1.54) is 5.56 Å². The lowest BCUT2D eigenvalue weighted by atomic mass is 9.83. The number of carbonyl (C=O) groups is 1. The van der Waals surface area contributed by atoms with Gasteiger partial charge in [-0.3, -0.25) is 4.79 Å². The van der Waals surface area contributed by atoms with Crippen LogP contribution < -0.4 is 10.1 Å². The topological polar surface area (TPSA) is 67.0 Å². The number of H-pyrrole nitrogens is 1. The summed E-state index contributed by atoms with van der Waals surface area (Å²) in [5.41, 5.74) is 5.23. The third-order valence-electron chi connectivity index (χ3n) is 5.78. The number of pyridine rings is 1.